The Hall–Kier alpha value is -0.320. The van der Waals surface area contributed by atoms with Crippen LogP contribution in [0.25, 0.3) is 0 Å². The molecule has 1 atom stereocenters. The summed E-state index contributed by atoms with van der Waals surface area (Å²) in [5.74, 6) is -0.00519. The molecule has 1 saturated heterocycles. The highest BCUT2D eigenvalue weighted by molar-refractivity contribution is 5.85. The Morgan fingerprint density at radius 3 is 2.64 bits per heavy atom. The maximum absolute atomic E-state index is 11.4. The molecular formula is C9H20ClN3O. The van der Waals surface area contributed by atoms with Crippen LogP contribution in [0.15, 0.2) is 0 Å². The zero-order valence-electron chi connectivity index (χ0n) is 8.58. The summed E-state index contributed by atoms with van der Waals surface area (Å²) in [5, 5.41) is 6.21. The fourth-order valence-corrected chi connectivity index (χ4v) is 1.46. The van der Waals surface area contributed by atoms with Gasteiger partial charge in [0.1, 0.15) is 0 Å². The van der Waals surface area contributed by atoms with Gasteiger partial charge in [0.25, 0.3) is 0 Å². The first-order valence-corrected chi connectivity index (χ1v) is 5.00. The van der Waals surface area contributed by atoms with Crippen LogP contribution >= 0.6 is 12.4 Å². The van der Waals surface area contributed by atoms with Crippen molar-refractivity contribution in [1.29, 1.82) is 0 Å². The molecule has 14 heavy (non-hydrogen) atoms. The topological polar surface area (TPSA) is 67.2 Å². The van der Waals surface area contributed by atoms with Gasteiger partial charge in [-0.05, 0) is 32.4 Å². The summed E-state index contributed by atoms with van der Waals surface area (Å²) < 4.78 is 0. The van der Waals surface area contributed by atoms with Crippen molar-refractivity contribution in [3.8, 4) is 0 Å². The van der Waals surface area contributed by atoms with E-state index in [0.717, 1.165) is 25.9 Å². The molecule has 4 nitrogen and oxygen atoms in total. The van der Waals surface area contributed by atoms with Gasteiger partial charge in [-0.1, -0.05) is 6.92 Å². The lowest BCUT2D eigenvalue weighted by atomic mass is 10.1. The predicted octanol–water partition coefficient (Wildman–Crippen LogP) is 0.0137. The fraction of sp³-hybridized carbons (Fsp3) is 0.889. The Morgan fingerprint density at radius 2 is 2.14 bits per heavy atom. The zero-order chi connectivity index (χ0) is 9.68. The molecule has 1 amide bonds. The maximum atomic E-state index is 11.4. The molecule has 1 fully saturated rings. The minimum atomic E-state index is -0.338. The Labute approximate surface area is 91.4 Å². The Morgan fingerprint density at radius 1 is 1.57 bits per heavy atom. The van der Waals surface area contributed by atoms with Crippen molar-refractivity contribution in [3.05, 3.63) is 0 Å². The second-order valence-electron chi connectivity index (χ2n) is 3.55. The van der Waals surface area contributed by atoms with Crippen LogP contribution in [-0.2, 0) is 4.79 Å². The second kappa shape index (κ2) is 7.04. The normalized spacial score (nSPS) is 19.6. The molecule has 4 N–H and O–H groups in total. The van der Waals surface area contributed by atoms with E-state index in [-0.39, 0.29) is 24.4 Å². The van der Waals surface area contributed by atoms with Crippen LogP contribution < -0.4 is 16.4 Å². The van der Waals surface area contributed by atoms with Crippen molar-refractivity contribution in [2.75, 3.05) is 13.1 Å². The van der Waals surface area contributed by atoms with E-state index in [2.05, 4.69) is 10.6 Å². The summed E-state index contributed by atoms with van der Waals surface area (Å²) in [6, 6.07) is -0.0127. The highest BCUT2D eigenvalue weighted by Crippen LogP contribution is 2.02. The summed E-state index contributed by atoms with van der Waals surface area (Å²) in [5.41, 5.74) is 5.61. The van der Waals surface area contributed by atoms with Crippen molar-refractivity contribution in [2.45, 2.75) is 38.3 Å². The summed E-state index contributed by atoms with van der Waals surface area (Å²) in [6.07, 6.45) is 2.74. The van der Waals surface area contributed by atoms with Gasteiger partial charge < -0.3 is 16.4 Å². The van der Waals surface area contributed by atoms with Crippen molar-refractivity contribution in [3.63, 3.8) is 0 Å². The third-order valence-electron chi connectivity index (χ3n) is 2.46. The molecule has 0 saturated carbocycles. The van der Waals surface area contributed by atoms with E-state index in [9.17, 15) is 4.79 Å². The molecule has 0 aromatic carbocycles. The monoisotopic (exact) mass is 221 g/mol. The maximum Gasteiger partial charge on any atom is 0.237 e. The quantitative estimate of drug-likeness (QED) is 0.629. The van der Waals surface area contributed by atoms with Gasteiger partial charge in [-0.2, -0.15) is 0 Å². The molecule has 1 aliphatic heterocycles. The number of rotatable bonds is 3. The minimum absolute atomic E-state index is 0. The average Bonchev–Trinajstić information content (AvgIpc) is 2.18. The first-order chi connectivity index (χ1) is 6.24. The molecule has 0 aromatic rings. The third-order valence-corrected chi connectivity index (χ3v) is 2.46. The molecule has 84 valence electrons. The molecule has 1 aliphatic rings. The second-order valence-corrected chi connectivity index (χ2v) is 3.55. The number of amides is 1. The van der Waals surface area contributed by atoms with Gasteiger partial charge in [0.05, 0.1) is 6.04 Å². The van der Waals surface area contributed by atoms with Gasteiger partial charge >= 0.3 is 0 Å². The van der Waals surface area contributed by atoms with Crippen molar-refractivity contribution >= 4 is 18.3 Å². The van der Waals surface area contributed by atoms with Crippen LogP contribution in [0.5, 0.6) is 0 Å². The number of hydrogen-bond acceptors (Lipinski definition) is 3. The molecule has 1 rings (SSSR count). The number of piperidine rings is 1. The molecule has 5 heteroatoms. The molecule has 1 heterocycles. The Bertz CT molecular complexity index is 171. The van der Waals surface area contributed by atoms with Gasteiger partial charge in [-0.15, -0.1) is 12.4 Å². The van der Waals surface area contributed by atoms with Gasteiger partial charge in [0.15, 0.2) is 0 Å². The van der Waals surface area contributed by atoms with E-state index in [4.69, 9.17) is 5.73 Å². The number of carbonyl (C=O) groups excluding carboxylic acids is 1. The summed E-state index contributed by atoms with van der Waals surface area (Å²) in [7, 11) is 0. The van der Waals surface area contributed by atoms with Crippen LogP contribution in [0.3, 0.4) is 0 Å². The van der Waals surface area contributed by atoms with Crippen molar-refractivity contribution in [1.82, 2.24) is 10.6 Å². The average molecular weight is 222 g/mol. The number of nitrogens with two attached hydrogens (primary N) is 1. The van der Waals surface area contributed by atoms with Crippen LogP contribution in [0.2, 0.25) is 0 Å². The highest BCUT2D eigenvalue weighted by Gasteiger charge is 2.18. The molecule has 0 bridgehead atoms. The van der Waals surface area contributed by atoms with Gasteiger partial charge in [0, 0.05) is 6.04 Å². The number of carbonyl (C=O) groups is 1. The Kier molecular flexibility index (Phi) is 6.87. The van der Waals surface area contributed by atoms with E-state index in [1.807, 2.05) is 6.92 Å². The molecule has 0 spiro atoms. The first kappa shape index (κ1) is 13.7. The van der Waals surface area contributed by atoms with Crippen LogP contribution in [-0.4, -0.2) is 31.1 Å². The Balaban J connectivity index is 0.00000169. The lowest BCUT2D eigenvalue weighted by Crippen LogP contribution is -2.48. The smallest absolute Gasteiger partial charge is 0.237 e. The third kappa shape index (κ3) is 4.26. The van der Waals surface area contributed by atoms with E-state index < -0.39 is 0 Å². The lowest BCUT2D eigenvalue weighted by Gasteiger charge is -2.24. The van der Waals surface area contributed by atoms with Crippen LogP contribution in [0, 0.1) is 0 Å². The largest absolute Gasteiger partial charge is 0.352 e. The lowest BCUT2D eigenvalue weighted by molar-refractivity contribution is -0.123. The molecule has 0 aromatic heterocycles. The summed E-state index contributed by atoms with van der Waals surface area (Å²) in [6.45, 7) is 3.91. The molecule has 0 aliphatic carbocycles. The molecule has 0 radical (unpaired) electrons. The van der Waals surface area contributed by atoms with Crippen LogP contribution in [0.4, 0.5) is 0 Å². The van der Waals surface area contributed by atoms with Crippen molar-refractivity contribution < 1.29 is 4.79 Å². The van der Waals surface area contributed by atoms with E-state index in [0.29, 0.717) is 12.5 Å². The predicted molar refractivity (Wildman–Crippen MR) is 59.5 cm³/mol. The number of halogens is 1. The van der Waals surface area contributed by atoms with Crippen molar-refractivity contribution in [2.24, 2.45) is 5.73 Å². The van der Waals surface area contributed by atoms with E-state index >= 15 is 0 Å². The first-order valence-electron chi connectivity index (χ1n) is 5.00. The summed E-state index contributed by atoms with van der Waals surface area (Å²) in [4.78, 5) is 11.4. The van der Waals surface area contributed by atoms with Gasteiger partial charge in [-0.3, -0.25) is 4.79 Å². The van der Waals surface area contributed by atoms with E-state index in [1.54, 1.807) is 0 Å². The number of nitrogens with one attached hydrogen (secondary N) is 2. The number of hydrogen-bond donors (Lipinski definition) is 3. The minimum Gasteiger partial charge on any atom is -0.352 e. The highest BCUT2D eigenvalue weighted by atomic mass is 35.5. The van der Waals surface area contributed by atoms with Gasteiger partial charge in [-0.25, -0.2) is 0 Å². The fourth-order valence-electron chi connectivity index (χ4n) is 1.46. The zero-order valence-corrected chi connectivity index (χ0v) is 9.40. The van der Waals surface area contributed by atoms with Crippen LogP contribution in [0.1, 0.15) is 26.2 Å². The summed E-state index contributed by atoms with van der Waals surface area (Å²) >= 11 is 0. The molecular weight excluding hydrogens is 202 g/mol. The van der Waals surface area contributed by atoms with Gasteiger partial charge in [0.2, 0.25) is 5.91 Å². The SMILES string of the molecule is CC[C@H](N)C(=O)NC1CCNCC1.Cl. The standard InChI is InChI=1S/C9H19N3O.ClH/c1-2-8(10)9(13)12-7-3-5-11-6-4-7;/h7-8,11H,2-6,10H2,1H3,(H,12,13);1H/t8-;/m0./s1. The van der Waals surface area contributed by atoms with E-state index in [1.165, 1.54) is 0 Å². The molecule has 0 unspecified atom stereocenters.